The van der Waals surface area contributed by atoms with Crippen molar-refractivity contribution in [2.75, 3.05) is 5.32 Å². The van der Waals surface area contributed by atoms with Crippen LogP contribution in [0.1, 0.15) is 24.3 Å². The number of benzene rings is 1. The van der Waals surface area contributed by atoms with Gasteiger partial charge in [-0.05, 0) is 53.2 Å². The highest BCUT2D eigenvalue weighted by Gasteiger charge is 2.12. The zero-order chi connectivity index (χ0) is 13.1. The topological polar surface area (TPSA) is 49.0 Å². The first-order chi connectivity index (χ1) is 8.60. The Morgan fingerprint density at radius 1 is 1.39 bits per heavy atom. The fraction of sp³-hybridized carbons (Fsp3) is 0.154. The van der Waals surface area contributed by atoms with Crippen LogP contribution < -0.4 is 5.32 Å². The second-order valence-corrected chi connectivity index (χ2v) is 4.59. The summed E-state index contributed by atoms with van der Waals surface area (Å²) < 4.78 is 19.1. The summed E-state index contributed by atoms with van der Waals surface area (Å²) in [7, 11) is 0. The first-order valence-corrected chi connectivity index (χ1v) is 6.11. The van der Waals surface area contributed by atoms with Crippen molar-refractivity contribution in [3.63, 3.8) is 0 Å². The quantitative estimate of drug-likeness (QED) is 0.923. The third kappa shape index (κ3) is 2.71. The lowest BCUT2D eigenvalue weighted by atomic mass is 10.1. The second-order valence-electron chi connectivity index (χ2n) is 3.81. The van der Waals surface area contributed by atoms with Gasteiger partial charge in [-0.15, -0.1) is 0 Å². The molecule has 1 aromatic carbocycles. The monoisotopic (exact) mass is 308 g/mol. The number of nitrogens with zero attached hydrogens (tertiary/aromatic N) is 1. The summed E-state index contributed by atoms with van der Waals surface area (Å²) in [5, 5.41) is 12.1. The first-order valence-electron chi connectivity index (χ1n) is 5.31. The molecule has 2 rings (SSSR count). The minimum absolute atomic E-state index is 0.117. The van der Waals surface area contributed by atoms with Crippen molar-refractivity contribution in [1.82, 2.24) is 0 Å². The average molecular weight is 309 g/mol. The molecule has 1 aromatic heterocycles. The molecule has 1 heterocycles. The van der Waals surface area contributed by atoms with Crippen molar-refractivity contribution in [2.24, 2.45) is 0 Å². The summed E-state index contributed by atoms with van der Waals surface area (Å²) in [5.74, 6) is 0.306. The van der Waals surface area contributed by atoms with Crippen molar-refractivity contribution >= 4 is 21.6 Å². The SMILES string of the molecule is CC(Nc1ccc(F)cc1C#N)c1ccc(Br)o1. The molecular formula is C13H10BrFN2O. The molecule has 0 fully saturated rings. The van der Waals surface area contributed by atoms with Crippen LogP contribution in [0.15, 0.2) is 39.4 Å². The average Bonchev–Trinajstić information content (AvgIpc) is 2.78. The highest BCUT2D eigenvalue weighted by molar-refractivity contribution is 9.10. The molecule has 0 spiro atoms. The van der Waals surface area contributed by atoms with Gasteiger partial charge in [-0.1, -0.05) is 0 Å². The fourth-order valence-corrected chi connectivity index (χ4v) is 1.92. The summed E-state index contributed by atoms with van der Waals surface area (Å²) >= 11 is 3.23. The Morgan fingerprint density at radius 2 is 2.17 bits per heavy atom. The Kier molecular flexibility index (Phi) is 3.68. The predicted octanol–water partition coefficient (Wildman–Crippen LogP) is 4.23. The van der Waals surface area contributed by atoms with Gasteiger partial charge < -0.3 is 9.73 Å². The molecule has 0 amide bonds. The Morgan fingerprint density at radius 3 is 2.78 bits per heavy atom. The highest BCUT2D eigenvalue weighted by atomic mass is 79.9. The number of rotatable bonds is 3. The van der Waals surface area contributed by atoms with E-state index in [-0.39, 0.29) is 11.6 Å². The zero-order valence-corrected chi connectivity index (χ0v) is 11.2. The number of hydrogen-bond donors (Lipinski definition) is 1. The molecule has 1 atom stereocenters. The van der Waals surface area contributed by atoms with E-state index in [1.165, 1.54) is 12.1 Å². The van der Waals surface area contributed by atoms with E-state index in [9.17, 15) is 4.39 Å². The lowest BCUT2D eigenvalue weighted by Crippen LogP contribution is -2.07. The number of furan rings is 1. The van der Waals surface area contributed by atoms with Gasteiger partial charge in [0.1, 0.15) is 17.6 Å². The van der Waals surface area contributed by atoms with Crippen molar-refractivity contribution in [3.05, 3.63) is 52.1 Å². The fourth-order valence-electron chi connectivity index (χ4n) is 1.60. The maximum atomic E-state index is 13.0. The van der Waals surface area contributed by atoms with Crippen LogP contribution in [0.25, 0.3) is 0 Å². The van der Waals surface area contributed by atoms with E-state index in [2.05, 4.69) is 21.2 Å². The van der Waals surface area contributed by atoms with Crippen molar-refractivity contribution in [2.45, 2.75) is 13.0 Å². The molecular weight excluding hydrogens is 299 g/mol. The van der Waals surface area contributed by atoms with E-state index in [0.717, 1.165) is 5.76 Å². The Balaban J connectivity index is 2.22. The van der Waals surface area contributed by atoms with Gasteiger partial charge in [-0.3, -0.25) is 0 Å². The predicted molar refractivity (Wildman–Crippen MR) is 69.6 cm³/mol. The lowest BCUT2D eigenvalue weighted by molar-refractivity contribution is 0.471. The molecule has 0 aliphatic heterocycles. The summed E-state index contributed by atoms with van der Waals surface area (Å²) in [5.41, 5.74) is 0.853. The number of halogens is 2. The van der Waals surface area contributed by atoms with E-state index < -0.39 is 5.82 Å². The van der Waals surface area contributed by atoms with Crippen LogP contribution >= 0.6 is 15.9 Å². The molecule has 0 bridgehead atoms. The van der Waals surface area contributed by atoms with Crippen LogP contribution in [0.3, 0.4) is 0 Å². The second kappa shape index (κ2) is 5.23. The minimum atomic E-state index is -0.425. The molecule has 3 nitrogen and oxygen atoms in total. The Bertz CT molecular complexity index is 603. The van der Waals surface area contributed by atoms with Gasteiger partial charge in [0, 0.05) is 0 Å². The van der Waals surface area contributed by atoms with E-state index in [1.807, 2.05) is 19.1 Å². The van der Waals surface area contributed by atoms with Gasteiger partial charge in [0.25, 0.3) is 0 Å². The highest BCUT2D eigenvalue weighted by Crippen LogP contribution is 2.25. The number of nitriles is 1. The molecule has 0 radical (unpaired) electrons. The zero-order valence-electron chi connectivity index (χ0n) is 9.58. The molecule has 0 aliphatic rings. The van der Waals surface area contributed by atoms with E-state index in [0.29, 0.717) is 10.4 Å². The van der Waals surface area contributed by atoms with Gasteiger partial charge in [0.15, 0.2) is 4.67 Å². The van der Waals surface area contributed by atoms with Gasteiger partial charge in [-0.2, -0.15) is 5.26 Å². The third-order valence-corrected chi connectivity index (χ3v) is 2.92. The van der Waals surface area contributed by atoms with Gasteiger partial charge in [0.05, 0.1) is 17.3 Å². The summed E-state index contributed by atoms with van der Waals surface area (Å²) in [6.07, 6.45) is 0. The maximum Gasteiger partial charge on any atom is 0.169 e. The van der Waals surface area contributed by atoms with Crippen LogP contribution in [-0.2, 0) is 0 Å². The van der Waals surface area contributed by atoms with Crippen LogP contribution in [-0.4, -0.2) is 0 Å². The van der Waals surface area contributed by atoms with Crippen LogP contribution in [0, 0.1) is 17.1 Å². The van der Waals surface area contributed by atoms with E-state index in [1.54, 1.807) is 12.1 Å². The molecule has 0 saturated heterocycles. The molecule has 92 valence electrons. The van der Waals surface area contributed by atoms with Gasteiger partial charge >= 0.3 is 0 Å². The Labute approximate surface area is 112 Å². The van der Waals surface area contributed by atoms with Crippen LogP contribution in [0.5, 0.6) is 0 Å². The molecule has 2 aromatic rings. The largest absolute Gasteiger partial charge is 0.452 e. The molecule has 1 unspecified atom stereocenters. The van der Waals surface area contributed by atoms with Crippen LogP contribution in [0.4, 0.5) is 10.1 Å². The molecule has 0 saturated carbocycles. The normalized spacial score (nSPS) is 11.9. The Hall–Kier alpha value is -1.80. The first kappa shape index (κ1) is 12.7. The molecule has 0 aliphatic carbocycles. The maximum absolute atomic E-state index is 13.0. The minimum Gasteiger partial charge on any atom is -0.452 e. The van der Waals surface area contributed by atoms with Gasteiger partial charge in [0.2, 0.25) is 0 Å². The standard InChI is InChI=1S/C13H10BrFN2O/c1-8(12-4-5-13(14)18-12)17-11-3-2-10(15)6-9(11)7-16/h2-6,8,17H,1H3. The molecule has 18 heavy (non-hydrogen) atoms. The van der Waals surface area contributed by atoms with Crippen molar-refractivity contribution in [1.29, 1.82) is 5.26 Å². The number of hydrogen-bond acceptors (Lipinski definition) is 3. The molecule has 5 heteroatoms. The lowest BCUT2D eigenvalue weighted by Gasteiger charge is -2.14. The van der Waals surface area contributed by atoms with E-state index >= 15 is 0 Å². The number of nitrogens with one attached hydrogen (secondary N) is 1. The van der Waals surface area contributed by atoms with E-state index in [4.69, 9.17) is 9.68 Å². The van der Waals surface area contributed by atoms with Crippen molar-refractivity contribution in [3.8, 4) is 6.07 Å². The molecule has 1 N–H and O–H groups in total. The third-order valence-electron chi connectivity index (χ3n) is 2.49. The van der Waals surface area contributed by atoms with Crippen LogP contribution in [0.2, 0.25) is 0 Å². The smallest absolute Gasteiger partial charge is 0.169 e. The summed E-state index contributed by atoms with van der Waals surface area (Å²) in [6, 6.07) is 9.52. The van der Waals surface area contributed by atoms with Crippen molar-refractivity contribution < 1.29 is 8.81 Å². The summed E-state index contributed by atoms with van der Waals surface area (Å²) in [4.78, 5) is 0. The van der Waals surface area contributed by atoms with Gasteiger partial charge in [-0.25, -0.2) is 4.39 Å². The number of anilines is 1. The summed E-state index contributed by atoms with van der Waals surface area (Å²) in [6.45, 7) is 1.90.